The Balaban J connectivity index is 1.65. The highest BCUT2D eigenvalue weighted by Gasteiger charge is 2.12. The molecule has 0 aliphatic carbocycles. The first-order chi connectivity index (χ1) is 11.7. The van der Waals surface area contributed by atoms with Crippen LogP contribution in [0.3, 0.4) is 0 Å². The van der Waals surface area contributed by atoms with Crippen molar-refractivity contribution < 1.29 is 14.7 Å². The van der Waals surface area contributed by atoms with E-state index in [4.69, 9.17) is 5.11 Å². The molecule has 0 radical (unpaired) electrons. The van der Waals surface area contributed by atoms with Crippen LogP contribution in [0.4, 0.5) is 0 Å². The van der Waals surface area contributed by atoms with E-state index in [0.29, 0.717) is 29.5 Å². The molecule has 0 fully saturated rings. The predicted octanol–water partition coefficient (Wildman–Crippen LogP) is 2.76. The molecule has 24 heavy (non-hydrogen) atoms. The number of carbonyl (C=O) groups is 2. The van der Waals surface area contributed by atoms with E-state index in [1.807, 2.05) is 0 Å². The average molecular weight is 348 g/mol. The van der Waals surface area contributed by atoms with Crippen LogP contribution >= 0.6 is 11.3 Å². The second-order valence-electron chi connectivity index (χ2n) is 5.28. The summed E-state index contributed by atoms with van der Waals surface area (Å²) in [5.41, 5.74) is 0.379. The van der Waals surface area contributed by atoms with Gasteiger partial charge >= 0.3 is 5.97 Å². The summed E-state index contributed by atoms with van der Waals surface area (Å²) in [6.07, 6.45) is 7.96. The Morgan fingerprint density at radius 3 is 2.54 bits per heavy atom. The number of thiazole rings is 1. The number of amides is 1. The third-order valence-electron chi connectivity index (χ3n) is 3.35. The van der Waals surface area contributed by atoms with Crippen LogP contribution in [0, 0.1) is 0 Å². The van der Waals surface area contributed by atoms with E-state index in [-0.39, 0.29) is 12.3 Å². The van der Waals surface area contributed by atoms with Crippen molar-refractivity contribution in [3.8, 4) is 10.8 Å². The van der Waals surface area contributed by atoms with Crippen LogP contribution in [0.2, 0.25) is 0 Å². The lowest BCUT2D eigenvalue weighted by Crippen LogP contribution is -2.24. The first-order valence-electron chi connectivity index (χ1n) is 7.89. The van der Waals surface area contributed by atoms with Gasteiger partial charge in [0.25, 0.3) is 5.91 Å². The number of rotatable bonds is 10. The second-order valence-corrected chi connectivity index (χ2v) is 6.14. The molecule has 2 rings (SSSR count). The highest BCUT2D eigenvalue weighted by atomic mass is 32.1. The summed E-state index contributed by atoms with van der Waals surface area (Å²) in [4.78, 5) is 34.9. The molecule has 7 nitrogen and oxygen atoms in total. The Morgan fingerprint density at radius 2 is 1.79 bits per heavy atom. The number of carboxylic acid groups (broad SMARTS) is 1. The minimum absolute atomic E-state index is 0.195. The van der Waals surface area contributed by atoms with Gasteiger partial charge in [-0.25, -0.2) is 15.0 Å². The molecule has 0 unspecified atom stereocenters. The van der Waals surface area contributed by atoms with Gasteiger partial charge < -0.3 is 10.4 Å². The van der Waals surface area contributed by atoms with E-state index in [1.165, 1.54) is 11.3 Å². The number of nitrogens with zero attached hydrogens (tertiary/aromatic N) is 3. The number of hydrogen-bond donors (Lipinski definition) is 2. The maximum Gasteiger partial charge on any atom is 0.303 e. The fourth-order valence-corrected chi connectivity index (χ4v) is 2.86. The summed E-state index contributed by atoms with van der Waals surface area (Å²) in [5, 5.41) is 13.7. The van der Waals surface area contributed by atoms with Gasteiger partial charge in [0.05, 0.1) is 0 Å². The summed E-state index contributed by atoms with van der Waals surface area (Å²) >= 11 is 1.34. The van der Waals surface area contributed by atoms with Gasteiger partial charge in [-0.15, -0.1) is 11.3 Å². The zero-order valence-corrected chi connectivity index (χ0v) is 14.1. The maximum atomic E-state index is 12.0. The van der Waals surface area contributed by atoms with E-state index in [2.05, 4.69) is 20.3 Å². The molecule has 0 aliphatic heterocycles. The van der Waals surface area contributed by atoms with Crippen LogP contribution in [0.1, 0.15) is 49.0 Å². The van der Waals surface area contributed by atoms with Gasteiger partial charge in [-0.05, 0) is 18.9 Å². The molecule has 2 aromatic rings. The molecule has 0 spiro atoms. The lowest BCUT2D eigenvalue weighted by Gasteiger charge is -2.03. The van der Waals surface area contributed by atoms with Crippen molar-refractivity contribution in [1.82, 2.24) is 20.3 Å². The molecule has 8 heteroatoms. The molecular formula is C16H20N4O3S. The molecule has 0 aromatic carbocycles. The Hall–Kier alpha value is -2.35. The SMILES string of the molecule is O=C(O)CCCCCCCNC(=O)c1csc(-c2ncccn2)n1. The quantitative estimate of drug-likeness (QED) is 0.640. The zero-order chi connectivity index (χ0) is 17.2. The standard InChI is InChI=1S/C16H20N4O3S/c21-13(22)7-4-2-1-3-5-8-19-15(23)12-11-24-16(20-12)14-17-9-6-10-18-14/h6,9-11H,1-5,7-8H2,(H,19,23)(H,21,22). The number of aliphatic carboxylic acids is 1. The zero-order valence-electron chi connectivity index (χ0n) is 13.3. The van der Waals surface area contributed by atoms with Crippen molar-refractivity contribution in [2.45, 2.75) is 38.5 Å². The van der Waals surface area contributed by atoms with E-state index in [9.17, 15) is 9.59 Å². The van der Waals surface area contributed by atoms with Crippen LogP contribution in [0.15, 0.2) is 23.8 Å². The maximum absolute atomic E-state index is 12.0. The minimum atomic E-state index is -0.745. The van der Waals surface area contributed by atoms with Crippen molar-refractivity contribution in [2.75, 3.05) is 6.54 Å². The Labute approximate surface area is 144 Å². The topological polar surface area (TPSA) is 105 Å². The summed E-state index contributed by atoms with van der Waals surface area (Å²) < 4.78 is 0. The molecule has 0 saturated carbocycles. The number of hydrogen-bond acceptors (Lipinski definition) is 6. The van der Waals surface area contributed by atoms with Gasteiger partial charge in [0.15, 0.2) is 10.8 Å². The highest BCUT2D eigenvalue weighted by molar-refractivity contribution is 7.13. The van der Waals surface area contributed by atoms with Crippen LogP contribution in [0.25, 0.3) is 10.8 Å². The molecule has 2 N–H and O–H groups in total. The van der Waals surface area contributed by atoms with E-state index >= 15 is 0 Å². The molecule has 1 amide bonds. The predicted molar refractivity (Wildman–Crippen MR) is 90.8 cm³/mol. The van der Waals surface area contributed by atoms with Crippen molar-refractivity contribution in [3.05, 3.63) is 29.5 Å². The highest BCUT2D eigenvalue weighted by Crippen LogP contribution is 2.19. The smallest absolute Gasteiger partial charge is 0.303 e. The van der Waals surface area contributed by atoms with E-state index in [0.717, 1.165) is 25.7 Å². The first kappa shape index (κ1) is 18.0. The lowest BCUT2D eigenvalue weighted by atomic mass is 10.1. The normalized spacial score (nSPS) is 10.5. The molecule has 0 atom stereocenters. The van der Waals surface area contributed by atoms with Gasteiger partial charge in [0, 0.05) is 30.7 Å². The molecule has 2 aromatic heterocycles. The molecule has 0 aliphatic rings. The minimum Gasteiger partial charge on any atom is -0.481 e. The number of carboxylic acids is 1. The summed E-state index contributed by atoms with van der Waals surface area (Å²) in [5.74, 6) is -0.423. The van der Waals surface area contributed by atoms with Gasteiger partial charge in [0.2, 0.25) is 0 Å². The van der Waals surface area contributed by atoms with E-state index < -0.39 is 5.97 Å². The summed E-state index contributed by atoms with van der Waals surface area (Å²) in [6.45, 7) is 0.590. The van der Waals surface area contributed by atoms with Gasteiger partial charge in [-0.3, -0.25) is 9.59 Å². The number of carbonyl (C=O) groups excluding carboxylic acids is 1. The fourth-order valence-electron chi connectivity index (χ4n) is 2.11. The second kappa shape index (κ2) is 9.71. The number of unbranched alkanes of at least 4 members (excludes halogenated alkanes) is 4. The Morgan fingerprint density at radius 1 is 1.08 bits per heavy atom. The third-order valence-corrected chi connectivity index (χ3v) is 4.19. The van der Waals surface area contributed by atoms with Gasteiger partial charge in [-0.2, -0.15) is 0 Å². The Kier molecular flexibility index (Phi) is 7.28. The largest absolute Gasteiger partial charge is 0.481 e. The molecule has 0 saturated heterocycles. The van der Waals surface area contributed by atoms with Crippen molar-refractivity contribution in [1.29, 1.82) is 0 Å². The molecule has 0 bridgehead atoms. The van der Waals surface area contributed by atoms with E-state index in [1.54, 1.807) is 23.8 Å². The van der Waals surface area contributed by atoms with Crippen molar-refractivity contribution in [3.63, 3.8) is 0 Å². The van der Waals surface area contributed by atoms with Crippen molar-refractivity contribution >= 4 is 23.2 Å². The van der Waals surface area contributed by atoms with Gasteiger partial charge in [0.1, 0.15) is 5.69 Å². The lowest BCUT2D eigenvalue weighted by molar-refractivity contribution is -0.137. The first-order valence-corrected chi connectivity index (χ1v) is 8.77. The Bertz CT molecular complexity index is 660. The molecule has 128 valence electrons. The molecular weight excluding hydrogens is 328 g/mol. The van der Waals surface area contributed by atoms with Crippen LogP contribution < -0.4 is 5.32 Å². The third kappa shape index (κ3) is 6.04. The molecule has 2 heterocycles. The van der Waals surface area contributed by atoms with Crippen LogP contribution in [-0.2, 0) is 4.79 Å². The van der Waals surface area contributed by atoms with Crippen LogP contribution in [0.5, 0.6) is 0 Å². The van der Waals surface area contributed by atoms with Crippen molar-refractivity contribution in [2.24, 2.45) is 0 Å². The fraction of sp³-hybridized carbons (Fsp3) is 0.438. The number of aromatic nitrogens is 3. The monoisotopic (exact) mass is 348 g/mol. The average Bonchev–Trinajstić information content (AvgIpc) is 3.08. The number of nitrogens with one attached hydrogen (secondary N) is 1. The van der Waals surface area contributed by atoms with Crippen LogP contribution in [-0.4, -0.2) is 38.5 Å². The summed E-state index contributed by atoms with van der Waals surface area (Å²) in [6, 6.07) is 1.73. The summed E-state index contributed by atoms with van der Waals surface area (Å²) in [7, 11) is 0. The van der Waals surface area contributed by atoms with Gasteiger partial charge in [-0.1, -0.05) is 19.3 Å².